The van der Waals surface area contributed by atoms with Gasteiger partial charge in [-0.1, -0.05) is 41.9 Å². The fourth-order valence-electron chi connectivity index (χ4n) is 3.21. The minimum absolute atomic E-state index is 0.0342. The number of amides is 2. The SMILES string of the molecule is COc1ccc(/C=C2\SC(=O)N(Cc3ccc(F)cc3Cl)C2=O)cc1OS(=O)(=O)c1ccccc1. The van der Waals surface area contributed by atoms with E-state index in [4.69, 9.17) is 20.5 Å². The van der Waals surface area contributed by atoms with Crippen molar-refractivity contribution < 1.29 is 31.3 Å². The summed E-state index contributed by atoms with van der Waals surface area (Å²) in [6.07, 6.45) is 1.44. The number of thioether (sulfide) groups is 1. The fourth-order valence-corrected chi connectivity index (χ4v) is 5.23. The van der Waals surface area contributed by atoms with Crippen LogP contribution in [-0.4, -0.2) is 31.6 Å². The quantitative estimate of drug-likeness (QED) is 0.293. The summed E-state index contributed by atoms with van der Waals surface area (Å²) in [5, 5.41) is -0.414. The molecule has 0 atom stereocenters. The Morgan fingerprint density at radius 1 is 1.03 bits per heavy atom. The number of nitrogens with zero attached hydrogens (tertiary/aromatic N) is 1. The van der Waals surface area contributed by atoms with E-state index in [1.54, 1.807) is 24.3 Å². The first-order chi connectivity index (χ1) is 16.7. The summed E-state index contributed by atoms with van der Waals surface area (Å²) in [7, 11) is -2.77. The van der Waals surface area contributed by atoms with E-state index in [9.17, 15) is 22.4 Å². The zero-order chi connectivity index (χ0) is 25.2. The van der Waals surface area contributed by atoms with Gasteiger partial charge < -0.3 is 8.92 Å². The molecular formula is C24H17ClFNO6S2. The molecule has 3 aromatic rings. The summed E-state index contributed by atoms with van der Waals surface area (Å²) in [4.78, 5) is 26.4. The van der Waals surface area contributed by atoms with Crippen molar-refractivity contribution in [1.82, 2.24) is 4.90 Å². The van der Waals surface area contributed by atoms with Crippen LogP contribution >= 0.6 is 23.4 Å². The lowest BCUT2D eigenvalue weighted by molar-refractivity contribution is -0.123. The lowest BCUT2D eigenvalue weighted by Gasteiger charge is -2.13. The number of ether oxygens (including phenoxy) is 1. The van der Waals surface area contributed by atoms with Gasteiger partial charge in [0.05, 0.1) is 18.6 Å². The molecule has 2 amide bonds. The van der Waals surface area contributed by atoms with Crippen LogP contribution in [0.25, 0.3) is 6.08 Å². The van der Waals surface area contributed by atoms with Gasteiger partial charge in [0.15, 0.2) is 11.5 Å². The molecule has 0 N–H and O–H groups in total. The second kappa shape index (κ2) is 10.1. The van der Waals surface area contributed by atoms with E-state index in [0.717, 1.165) is 22.7 Å². The average molecular weight is 534 g/mol. The van der Waals surface area contributed by atoms with Crippen LogP contribution in [0.15, 0.2) is 76.5 Å². The van der Waals surface area contributed by atoms with Crippen molar-refractivity contribution in [2.75, 3.05) is 7.11 Å². The van der Waals surface area contributed by atoms with Crippen molar-refractivity contribution in [2.45, 2.75) is 11.4 Å². The number of rotatable bonds is 7. The highest BCUT2D eigenvalue weighted by atomic mass is 35.5. The molecule has 7 nitrogen and oxygen atoms in total. The van der Waals surface area contributed by atoms with Gasteiger partial charge in [0, 0.05) is 5.02 Å². The first-order valence-corrected chi connectivity index (χ1v) is 12.6. The molecule has 0 spiro atoms. The standard InChI is InChI=1S/C24H17ClFNO6S2/c1-32-20-10-7-15(11-21(20)33-35(30,31)18-5-3-2-4-6-18)12-22-23(28)27(24(29)34-22)14-16-8-9-17(26)13-19(16)25/h2-13H,14H2,1H3/b22-12-. The van der Waals surface area contributed by atoms with Gasteiger partial charge in [-0.25, -0.2) is 4.39 Å². The molecule has 1 fully saturated rings. The molecule has 0 saturated carbocycles. The highest BCUT2D eigenvalue weighted by Crippen LogP contribution is 2.36. The summed E-state index contributed by atoms with van der Waals surface area (Å²) < 4.78 is 49.1. The van der Waals surface area contributed by atoms with Gasteiger partial charge in [0.25, 0.3) is 11.1 Å². The van der Waals surface area contributed by atoms with Crippen LogP contribution in [0, 0.1) is 5.82 Å². The molecule has 1 aliphatic heterocycles. The van der Waals surface area contributed by atoms with Crippen LogP contribution in [0.5, 0.6) is 11.5 Å². The highest BCUT2D eigenvalue weighted by Gasteiger charge is 2.35. The lowest BCUT2D eigenvalue weighted by atomic mass is 10.1. The molecule has 0 aliphatic carbocycles. The van der Waals surface area contributed by atoms with Crippen molar-refractivity contribution in [2.24, 2.45) is 0 Å². The van der Waals surface area contributed by atoms with Gasteiger partial charge in [-0.15, -0.1) is 0 Å². The fraction of sp³-hybridized carbons (Fsp3) is 0.0833. The van der Waals surface area contributed by atoms with Crippen molar-refractivity contribution in [3.63, 3.8) is 0 Å². The van der Waals surface area contributed by atoms with Crippen LogP contribution in [0.1, 0.15) is 11.1 Å². The van der Waals surface area contributed by atoms with Crippen LogP contribution in [0.4, 0.5) is 9.18 Å². The average Bonchev–Trinajstić information content (AvgIpc) is 3.08. The number of halogens is 2. The number of benzene rings is 3. The van der Waals surface area contributed by atoms with E-state index in [2.05, 4.69) is 0 Å². The third kappa shape index (κ3) is 5.50. The number of hydrogen-bond acceptors (Lipinski definition) is 7. The lowest BCUT2D eigenvalue weighted by Crippen LogP contribution is -2.27. The van der Waals surface area contributed by atoms with E-state index in [0.29, 0.717) is 11.1 Å². The molecule has 3 aromatic carbocycles. The molecule has 4 rings (SSSR count). The Morgan fingerprint density at radius 2 is 1.77 bits per heavy atom. The Hall–Kier alpha value is -3.34. The van der Waals surface area contributed by atoms with E-state index in [1.807, 2.05) is 0 Å². The first-order valence-electron chi connectivity index (χ1n) is 10.0. The predicted molar refractivity (Wildman–Crippen MR) is 130 cm³/mol. The molecule has 0 unspecified atom stereocenters. The van der Waals surface area contributed by atoms with Gasteiger partial charge in [-0.2, -0.15) is 8.42 Å². The molecular weight excluding hydrogens is 517 g/mol. The molecule has 0 bridgehead atoms. The third-order valence-electron chi connectivity index (χ3n) is 4.93. The predicted octanol–water partition coefficient (Wildman–Crippen LogP) is 5.49. The summed E-state index contributed by atoms with van der Waals surface area (Å²) in [6.45, 7) is -0.118. The maximum absolute atomic E-state index is 13.3. The van der Waals surface area contributed by atoms with Crippen LogP contribution < -0.4 is 8.92 Å². The Balaban J connectivity index is 1.60. The van der Waals surface area contributed by atoms with E-state index >= 15 is 0 Å². The maximum Gasteiger partial charge on any atom is 0.339 e. The Morgan fingerprint density at radius 3 is 2.46 bits per heavy atom. The molecule has 0 aromatic heterocycles. The van der Waals surface area contributed by atoms with Crippen molar-refractivity contribution in [1.29, 1.82) is 0 Å². The molecule has 11 heteroatoms. The second-order valence-electron chi connectivity index (χ2n) is 7.26. The van der Waals surface area contributed by atoms with Crippen LogP contribution in [-0.2, 0) is 21.5 Å². The Labute approximate surface area is 210 Å². The third-order valence-corrected chi connectivity index (χ3v) is 7.44. The van der Waals surface area contributed by atoms with Gasteiger partial charge >= 0.3 is 10.1 Å². The largest absolute Gasteiger partial charge is 0.493 e. The van der Waals surface area contributed by atoms with Crippen molar-refractivity contribution in [3.05, 3.63) is 93.6 Å². The first kappa shape index (κ1) is 24.8. The summed E-state index contributed by atoms with van der Waals surface area (Å²) in [5.74, 6) is -1.00. The molecule has 35 heavy (non-hydrogen) atoms. The van der Waals surface area contributed by atoms with E-state index in [-0.39, 0.29) is 32.9 Å². The number of carbonyl (C=O) groups is 2. The van der Waals surface area contributed by atoms with E-state index < -0.39 is 27.1 Å². The minimum Gasteiger partial charge on any atom is -0.493 e. The summed E-state index contributed by atoms with van der Waals surface area (Å²) in [6, 6.07) is 15.8. The van der Waals surface area contributed by atoms with Crippen LogP contribution in [0.2, 0.25) is 5.02 Å². The number of carbonyl (C=O) groups excluding carboxylic acids is 2. The summed E-state index contributed by atoms with van der Waals surface area (Å²) >= 11 is 6.75. The normalized spacial score (nSPS) is 15.1. The molecule has 1 heterocycles. The zero-order valence-electron chi connectivity index (χ0n) is 18.1. The smallest absolute Gasteiger partial charge is 0.339 e. The minimum atomic E-state index is -4.13. The molecule has 0 radical (unpaired) electrons. The summed E-state index contributed by atoms with van der Waals surface area (Å²) in [5.41, 5.74) is 0.831. The number of hydrogen-bond donors (Lipinski definition) is 0. The van der Waals surface area contributed by atoms with Gasteiger partial charge in [0.2, 0.25) is 0 Å². The van der Waals surface area contributed by atoms with Gasteiger partial charge in [-0.05, 0) is 65.4 Å². The molecule has 180 valence electrons. The zero-order valence-corrected chi connectivity index (χ0v) is 20.5. The monoisotopic (exact) mass is 533 g/mol. The molecule has 1 aliphatic rings. The van der Waals surface area contributed by atoms with Crippen molar-refractivity contribution in [3.8, 4) is 11.5 Å². The number of imide groups is 1. The van der Waals surface area contributed by atoms with E-state index in [1.165, 1.54) is 49.6 Å². The Kier molecular flexibility index (Phi) is 7.15. The second-order valence-corrected chi connectivity index (χ2v) is 10.2. The van der Waals surface area contributed by atoms with Gasteiger partial charge in [0.1, 0.15) is 10.7 Å². The topological polar surface area (TPSA) is 90.0 Å². The van der Waals surface area contributed by atoms with Crippen LogP contribution in [0.3, 0.4) is 0 Å². The Bertz CT molecular complexity index is 1440. The number of methoxy groups -OCH3 is 1. The van der Waals surface area contributed by atoms with Gasteiger partial charge in [-0.3, -0.25) is 14.5 Å². The molecule has 1 saturated heterocycles. The maximum atomic E-state index is 13.3. The van der Waals surface area contributed by atoms with Crippen molar-refractivity contribution >= 4 is 50.7 Å². The highest BCUT2D eigenvalue weighted by molar-refractivity contribution is 8.18.